The molecule has 0 fully saturated rings. The van der Waals surface area contributed by atoms with Gasteiger partial charge in [-0.05, 0) is 45.0 Å². The molecule has 21 heavy (non-hydrogen) atoms. The first-order chi connectivity index (χ1) is 9.88. The third-order valence-corrected chi connectivity index (χ3v) is 3.14. The number of nitrogens with one attached hydrogen (secondary N) is 3. The van der Waals surface area contributed by atoms with Crippen LogP contribution in [0.25, 0.3) is 0 Å². The number of amides is 2. The van der Waals surface area contributed by atoms with Crippen molar-refractivity contribution in [1.29, 1.82) is 0 Å². The molecule has 0 spiro atoms. The van der Waals surface area contributed by atoms with Gasteiger partial charge in [0.1, 0.15) is 0 Å². The fourth-order valence-electron chi connectivity index (χ4n) is 2.15. The summed E-state index contributed by atoms with van der Waals surface area (Å²) in [6.45, 7) is 9.41. The van der Waals surface area contributed by atoms with Crippen LogP contribution in [0.15, 0.2) is 24.3 Å². The van der Waals surface area contributed by atoms with Crippen LogP contribution in [0.2, 0.25) is 0 Å². The van der Waals surface area contributed by atoms with Crippen LogP contribution in [-0.2, 0) is 4.74 Å². The third kappa shape index (κ3) is 6.14. The molecule has 0 aliphatic rings. The van der Waals surface area contributed by atoms with Crippen molar-refractivity contribution in [3.8, 4) is 0 Å². The van der Waals surface area contributed by atoms with Crippen molar-refractivity contribution in [1.82, 2.24) is 10.6 Å². The van der Waals surface area contributed by atoms with Crippen LogP contribution in [0.3, 0.4) is 0 Å². The van der Waals surface area contributed by atoms with Crippen molar-refractivity contribution in [2.75, 3.05) is 25.6 Å². The van der Waals surface area contributed by atoms with E-state index in [0.717, 1.165) is 12.2 Å². The van der Waals surface area contributed by atoms with Crippen LogP contribution in [0.4, 0.5) is 10.5 Å². The molecule has 1 aromatic carbocycles. The number of benzene rings is 1. The number of hydrogen-bond donors (Lipinski definition) is 3. The summed E-state index contributed by atoms with van der Waals surface area (Å²) in [5.74, 6) is 0. The Morgan fingerprint density at radius 3 is 2.43 bits per heavy atom. The van der Waals surface area contributed by atoms with Gasteiger partial charge in [0.15, 0.2) is 0 Å². The summed E-state index contributed by atoms with van der Waals surface area (Å²) >= 11 is 0. The quantitative estimate of drug-likeness (QED) is 0.724. The lowest BCUT2D eigenvalue weighted by Gasteiger charge is -2.25. The van der Waals surface area contributed by atoms with Crippen molar-refractivity contribution in [2.24, 2.45) is 0 Å². The molecular formula is C16H27N3O2. The fraction of sp³-hybridized carbons (Fsp3) is 0.562. The standard InChI is InChI=1S/C16H27N3O2/c1-6-17-12(2)13-7-9-14(10-8-13)18-15(20)19-16(3,4)11-21-5/h7-10,12,17H,6,11H2,1-5H3,(H2,18,19,20). The molecule has 1 unspecified atom stereocenters. The van der Waals surface area contributed by atoms with Crippen LogP contribution in [-0.4, -0.2) is 31.8 Å². The van der Waals surface area contributed by atoms with E-state index in [1.165, 1.54) is 5.56 Å². The van der Waals surface area contributed by atoms with E-state index in [9.17, 15) is 4.79 Å². The predicted octanol–water partition coefficient (Wildman–Crippen LogP) is 2.90. The zero-order valence-corrected chi connectivity index (χ0v) is 13.6. The van der Waals surface area contributed by atoms with E-state index in [1.807, 2.05) is 38.1 Å². The molecule has 0 aliphatic carbocycles. The van der Waals surface area contributed by atoms with Crippen LogP contribution in [0.1, 0.15) is 39.3 Å². The van der Waals surface area contributed by atoms with Gasteiger partial charge in [-0.25, -0.2) is 4.79 Å². The summed E-state index contributed by atoms with van der Waals surface area (Å²) in [5.41, 5.74) is 1.56. The van der Waals surface area contributed by atoms with Crippen molar-refractivity contribution < 1.29 is 9.53 Å². The van der Waals surface area contributed by atoms with E-state index in [0.29, 0.717) is 12.6 Å². The Hall–Kier alpha value is -1.59. The molecule has 0 aliphatic heterocycles. The van der Waals surface area contributed by atoms with Gasteiger partial charge in [-0.15, -0.1) is 0 Å². The number of anilines is 1. The molecule has 0 heterocycles. The molecule has 0 radical (unpaired) electrons. The van der Waals surface area contributed by atoms with Crippen LogP contribution >= 0.6 is 0 Å². The molecule has 0 bridgehead atoms. The maximum atomic E-state index is 11.9. The van der Waals surface area contributed by atoms with Crippen molar-refractivity contribution in [3.05, 3.63) is 29.8 Å². The maximum Gasteiger partial charge on any atom is 0.319 e. The van der Waals surface area contributed by atoms with Crippen LogP contribution < -0.4 is 16.0 Å². The molecule has 0 aromatic heterocycles. The monoisotopic (exact) mass is 293 g/mol. The second kappa shape index (κ2) is 8.00. The number of rotatable bonds is 7. The molecule has 0 saturated heterocycles. The fourth-order valence-corrected chi connectivity index (χ4v) is 2.15. The van der Waals surface area contributed by atoms with Crippen LogP contribution in [0, 0.1) is 0 Å². The van der Waals surface area contributed by atoms with Gasteiger partial charge in [0.25, 0.3) is 0 Å². The Bertz CT molecular complexity index is 443. The first kappa shape index (κ1) is 17.5. The average Bonchev–Trinajstić information content (AvgIpc) is 2.38. The Kier molecular flexibility index (Phi) is 6.65. The smallest absolute Gasteiger partial charge is 0.319 e. The molecule has 0 saturated carbocycles. The molecule has 1 rings (SSSR count). The highest BCUT2D eigenvalue weighted by Crippen LogP contribution is 2.16. The predicted molar refractivity (Wildman–Crippen MR) is 86.6 cm³/mol. The van der Waals surface area contributed by atoms with Gasteiger partial charge < -0.3 is 20.7 Å². The summed E-state index contributed by atoms with van der Waals surface area (Å²) in [6, 6.07) is 7.92. The summed E-state index contributed by atoms with van der Waals surface area (Å²) in [5, 5.41) is 9.06. The second-order valence-electron chi connectivity index (χ2n) is 5.80. The number of carbonyl (C=O) groups is 1. The Labute approximate surface area is 127 Å². The van der Waals surface area contributed by atoms with Gasteiger partial charge in [0.05, 0.1) is 12.1 Å². The topological polar surface area (TPSA) is 62.4 Å². The van der Waals surface area contributed by atoms with E-state index in [4.69, 9.17) is 4.74 Å². The Morgan fingerprint density at radius 2 is 1.90 bits per heavy atom. The van der Waals surface area contributed by atoms with Gasteiger partial charge in [0.2, 0.25) is 0 Å². The van der Waals surface area contributed by atoms with E-state index in [1.54, 1.807) is 7.11 Å². The van der Waals surface area contributed by atoms with E-state index < -0.39 is 5.54 Å². The van der Waals surface area contributed by atoms with Gasteiger partial charge in [-0.2, -0.15) is 0 Å². The zero-order valence-electron chi connectivity index (χ0n) is 13.6. The first-order valence-corrected chi connectivity index (χ1v) is 7.29. The molecule has 1 atom stereocenters. The lowest BCUT2D eigenvalue weighted by molar-refractivity contribution is 0.133. The van der Waals surface area contributed by atoms with E-state index >= 15 is 0 Å². The molecule has 5 heteroatoms. The van der Waals surface area contributed by atoms with Gasteiger partial charge in [-0.3, -0.25) is 0 Å². The van der Waals surface area contributed by atoms with Gasteiger partial charge >= 0.3 is 6.03 Å². The third-order valence-electron chi connectivity index (χ3n) is 3.14. The molecule has 1 aromatic rings. The molecule has 3 N–H and O–H groups in total. The van der Waals surface area contributed by atoms with Gasteiger partial charge in [0, 0.05) is 18.8 Å². The number of carbonyl (C=O) groups excluding carboxylic acids is 1. The Balaban J connectivity index is 2.57. The lowest BCUT2D eigenvalue weighted by Crippen LogP contribution is -2.48. The SMILES string of the molecule is CCNC(C)c1ccc(NC(=O)NC(C)(C)COC)cc1. The molecule has 2 amide bonds. The maximum absolute atomic E-state index is 11.9. The highest BCUT2D eigenvalue weighted by Gasteiger charge is 2.20. The number of methoxy groups -OCH3 is 1. The van der Waals surface area contributed by atoms with Gasteiger partial charge in [-0.1, -0.05) is 19.1 Å². The van der Waals surface area contributed by atoms with Crippen molar-refractivity contribution in [2.45, 2.75) is 39.3 Å². The normalized spacial score (nSPS) is 12.8. The number of urea groups is 1. The van der Waals surface area contributed by atoms with E-state index in [-0.39, 0.29) is 6.03 Å². The second-order valence-corrected chi connectivity index (χ2v) is 5.80. The summed E-state index contributed by atoms with van der Waals surface area (Å²) < 4.78 is 5.07. The highest BCUT2D eigenvalue weighted by molar-refractivity contribution is 5.89. The first-order valence-electron chi connectivity index (χ1n) is 7.29. The summed E-state index contributed by atoms with van der Waals surface area (Å²) in [4.78, 5) is 11.9. The van der Waals surface area contributed by atoms with Crippen molar-refractivity contribution >= 4 is 11.7 Å². The minimum Gasteiger partial charge on any atom is -0.382 e. The zero-order chi connectivity index (χ0) is 15.9. The Morgan fingerprint density at radius 1 is 1.29 bits per heavy atom. The van der Waals surface area contributed by atoms with Crippen molar-refractivity contribution in [3.63, 3.8) is 0 Å². The molecular weight excluding hydrogens is 266 g/mol. The number of hydrogen-bond acceptors (Lipinski definition) is 3. The molecule has 5 nitrogen and oxygen atoms in total. The summed E-state index contributed by atoms with van der Waals surface area (Å²) in [7, 11) is 1.62. The lowest BCUT2D eigenvalue weighted by atomic mass is 10.1. The minimum absolute atomic E-state index is 0.232. The largest absolute Gasteiger partial charge is 0.382 e. The van der Waals surface area contributed by atoms with Crippen LogP contribution in [0.5, 0.6) is 0 Å². The summed E-state index contributed by atoms with van der Waals surface area (Å²) in [6.07, 6.45) is 0. The van der Waals surface area contributed by atoms with E-state index in [2.05, 4.69) is 29.8 Å². The molecule has 118 valence electrons. The average molecular weight is 293 g/mol. The highest BCUT2D eigenvalue weighted by atomic mass is 16.5. The minimum atomic E-state index is -0.404. The number of ether oxygens (including phenoxy) is 1.